The minimum Gasteiger partial charge on any atom is -0.479 e. The largest absolute Gasteiger partial charge is 0.479 e. The third kappa shape index (κ3) is 4.89. The molecule has 0 saturated carbocycles. The van der Waals surface area contributed by atoms with Crippen molar-refractivity contribution in [2.24, 2.45) is 0 Å². The number of hydrogen-bond acceptors (Lipinski definition) is 5. The van der Waals surface area contributed by atoms with Gasteiger partial charge in [-0.2, -0.15) is 0 Å². The average Bonchev–Trinajstić information content (AvgIpc) is 2.72. The second kappa shape index (κ2) is 7.56. The van der Waals surface area contributed by atoms with E-state index in [0.29, 0.717) is 32.7 Å². The number of aliphatic carboxylic acids is 1. The molecule has 2 atom stereocenters. The van der Waals surface area contributed by atoms with E-state index in [1.807, 2.05) is 0 Å². The Morgan fingerprint density at radius 2 is 2.25 bits per heavy atom. The molecular weight excluding hydrogens is 214 g/mol. The van der Waals surface area contributed by atoms with Crippen LogP contribution in [0.2, 0.25) is 0 Å². The Morgan fingerprint density at radius 1 is 1.44 bits per heavy atom. The van der Waals surface area contributed by atoms with E-state index in [4.69, 9.17) is 19.7 Å². The summed E-state index contributed by atoms with van der Waals surface area (Å²) >= 11 is 0. The molecule has 0 bridgehead atoms. The molecule has 1 rings (SSSR count). The van der Waals surface area contributed by atoms with Crippen molar-refractivity contribution in [3.8, 4) is 0 Å². The summed E-state index contributed by atoms with van der Waals surface area (Å²) in [7, 11) is 0. The Morgan fingerprint density at radius 3 is 2.88 bits per heavy atom. The van der Waals surface area contributed by atoms with Gasteiger partial charge in [-0.05, 0) is 12.8 Å². The fourth-order valence-corrected chi connectivity index (χ4v) is 1.61. The lowest BCUT2D eigenvalue weighted by molar-refractivity contribution is -0.149. The van der Waals surface area contributed by atoms with Gasteiger partial charge in [-0.3, -0.25) is 0 Å². The zero-order valence-corrected chi connectivity index (χ0v) is 9.22. The maximum atomic E-state index is 10.6. The molecule has 1 aliphatic rings. The average molecular weight is 233 g/mol. The van der Waals surface area contributed by atoms with E-state index in [-0.39, 0.29) is 12.7 Å². The molecule has 0 aliphatic carbocycles. The first-order valence-electron chi connectivity index (χ1n) is 5.51. The highest BCUT2D eigenvalue weighted by molar-refractivity contribution is 5.72. The summed E-state index contributed by atoms with van der Waals surface area (Å²) < 4.78 is 10.4. The summed E-state index contributed by atoms with van der Waals surface area (Å²) in [6, 6.07) is 0. The van der Waals surface area contributed by atoms with Gasteiger partial charge in [0.05, 0.1) is 25.9 Å². The fraction of sp³-hybridized carbons (Fsp3) is 0.900. The number of nitrogens with one attached hydrogen (secondary N) is 1. The van der Waals surface area contributed by atoms with Crippen molar-refractivity contribution in [2.45, 2.75) is 25.0 Å². The van der Waals surface area contributed by atoms with Crippen LogP contribution in [0.5, 0.6) is 0 Å². The summed E-state index contributed by atoms with van der Waals surface area (Å²) in [6.07, 6.45) is 0.709. The van der Waals surface area contributed by atoms with Crippen molar-refractivity contribution in [1.82, 2.24) is 5.32 Å². The standard InChI is InChI=1S/C10H19NO5/c12-4-6-15-5-3-11-7-8-1-2-9(16-8)10(13)14/h8-9,11-12H,1-7H2,(H,13,14). The van der Waals surface area contributed by atoms with Crippen molar-refractivity contribution in [3.05, 3.63) is 0 Å². The SMILES string of the molecule is O=C(O)C1CCC(CNCCOCCO)O1. The Kier molecular flexibility index (Phi) is 6.32. The van der Waals surface area contributed by atoms with Gasteiger partial charge in [0.1, 0.15) is 0 Å². The Hall–Kier alpha value is -0.690. The van der Waals surface area contributed by atoms with Crippen LogP contribution in [0.3, 0.4) is 0 Å². The zero-order valence-electron chi connectivity index (χ0n) is 9.22. The maximum absolute atomic E-state index is 10.6. The molecule has 0 aromatic rings. The van der Waals surface area contributed by atoms with Crippen LogP contribution in [-0.4, -0.2) is 61.3 Å². The van der Waals surface area contributed by atoms with Crippen molar-refractivity contribution in [2.75, 3.05) is 32.9 Å². The van der Waals surface area contributed by atoms with Gasteiger partial charge in [0.2, 0.25) is 0 Å². The molecule has 0 spiro atoms. The number of carboxylic acids is 1. The van der Waals surface area contributed by atoms with Crippen LogP contribution in [0.25, 0.3) is 0 Å². The Balaban J connectivity index is 1.96. The van der Waals surface area contributed by atoms with Crippen LogP contribution in [0, 0.1) is 0 Å². The first-order chi connectivity index (χ1) is 7.74. The first-order valence-corrected chi connectivity index (χ1v) is 5.51. The molecule has 0 aromatic heterocycles. The summed E-state index contributed by atoms with van der Waals surface area (Å²) in [5.41, 5.74) is 0. The summed E-state index contributed by atoms with van der Waals surface area (Å²) in [5, 5.41) is 20.3. The number of carboxylic acid groups (broad SMARTS) is 1. The van der Waals surface area contributed by atoms with E-state index < -0.39 is 12.1 Å². The molecular formula is C10H19NO5. The van der Waals surface area contributed by atoms with Crippen LogP contribution in [0.15, 0.2) is 0 Å². The minimum absolute atomic E-state index is 0.0149. The van der Waals surface area contributed by atoms with Gasteiger partial charge < -0.3 is 25.0 Å². The smallest absolute Gasteiger partial charge is 0.332 e. The molecule has 6 heteroatoms. The molecule has 0 amide bonds. The topological polar surface area (TPSA) is 88.0 Å². The van der Waals surface area contributed by atoms with Crippen molar-refractivity contribution in [3.63, 3.8) is 0 Å². The lowest BCUT2D eigenvalue weighted by atomic mass is 10.2. The first kappa shape index (κ1) is 13.4. The van der Waals surface area contributed by atoms with Crippen LogP contribution >= 0.6 is 0 Å². The van der Waals surface area contributed by atoms with Gasteiger partial charge in [-0.1, -0.05) is 0 Å². The number of hydrogen-bond donors (Lipinski definition) is 3. The molecule has 1 fully saturated rings. The molecule has 1 heterocycles. The molecule has 0 radical (unpaired) electrons. The lowest BCUT2D eigenvalue weighted by Gasteiger charge is -2.12. The van der Waals surface area contributed by atoms with E-state index >= 15 is 0 Å². The summed E-state index contributed by atoms with van der Waals surface area (Å²) in [5.74, 6) is -0.881. The van der Waals surface area contributed by atoms with E-state index in [1.54, 1.807) is 0 Å². The molecule has 1 aliphatic heterocycles. The van der Waals surface area contributed by atoms with Crippen LogP contribution in [0.4, 0.5) is 0 Å². The van der Waals surface area contributed by atoms with Crippen molar-refractivity contribution < 1.29 is 24.5 Å². The third-order valence-electron chi connectivity index (χ3n) is 2.41. The monoisotopic (exact) mass is 233 g/mol. The highest BCUT2D eigenvalue weighted by atomic mass is 16.5. The Labute approximate surface area is 94.5 Å². The third-order valence-corrected chi connectivity index (χ3v) is 2.41. The van der Waals surface area contributed by atoms with Crippen LogP contribution in [-0.2, 0) is 14.3 Å². The van der Waals surface area contributed by atoms with E-state index in [0.717, 1.165) is 6.42 Å². The number of ether oxygens (including phenoxy) is 2. The number of carbonyl (C=O) groups is 1. The van der Waals surface area contributed by atoms with E-state index in [9.17, 15) is 4.79 Å². The molecule has 94 valence electrons. The molecule has 1 saturated heterocycles. The quantitative estimate of drug-likeness (QED) is 0.477. The van der Waals surface area contributed by atoms with Crippen molar-refractivity contribution in [1.29, 1.82) is 0 Å². The van der Waals surface area contributed by atoms with Crippen LogP contribution < -0.4 is 5.32 Å². The van der Waals surface area contributed by atoms with E-state index in [1.165, 1.54) is 0 Å². The van der Waals surface area contributed by atoms with Gasteiger partial charge in [0.15, 0.2) is 6.10 Å². The van der Waals surface area contributed by atoms with Gasteiger partial charge in [0, 0.05) is 13.1 Å². The molecule has 3 N–H and O–H groups in total. The van der Waals surface area contributed by atoms with Crippen molar-refractivity contribution >= 4 is 5.97 Å². The second-order valence-electron chi connectivity index (χ2n) is 3.70. The van der Waals surface area contributed by atoms with Crippen LogP contribution in [0.1, 0.15) is 12.8 Å². The normalized spacial score (nSPS) is 24.8. The van der Waals surface area contributed by atoms with Gasteiger partial charge >= 0.3 is 5.97 Å². The summed E-state index contributed by atoms with van der Waals surface area (Å²) in [6.45, 7) is 2.24. The van der Waals surface area contributed by atoms with E-state index in [2.05, 4.69) is 5.32 Å². The predicted octanol–water partition coefficient (Wildman–Crippen LogP) is -0.783. The number of aliphatic hydroxyl groups is 1. The number of rotatable bonds is 8. The maximum Gasteiger partial charge on any atom is 0.332 e. The summed E-state index contributed by atoms with van der Waals surface area (Å²) in [4.78, 5) is 10.6. The highest BCUT2D eigenvalue weighted by Gasteiger charge is 2.29. The Bertz CT molecular complexity index is 211. The highest BCUT2D eigenvalue weighted by Crippen LogP contribution is 2.18. The van der Waals surface area contributed by atoms with Gasteiger partial charge in [0.25, 0.3) is 0 Å². The van der Waals surface area contributed by atoms with Gasteiger partial charge in [-0.15, -0.1) is 0 Å². The molecule has 6 nitrogen and oxygen atoms in total. The predicted molar refractivity (Wildman–Crippen MR) is 56.3 cm³/mol. The molecule has 2 unspecified atom stereocenters. The zero-order chi connectivity index (χ0) is 11.8. The number of aliphatic hydroxyl groups excluding tert-OH is 1. The van der Waals surface area contributed by atoms with Gasteiger partial charge in [-0.25, -0.2) is 4.79 Å². The lowest BCUT2D eigenvalue weighted by Crippen LogP contribution is -2.31. The second-order valence-corrected chi connectivity index (χ2v) is 3.70. The molecule has 16 heavy (non-hydrogen) atoms. The minimum atomic E-state index is -0.881. The fourth-order valence-electron chi connectivity index (χ4n) is 1.61. The molecule has 0 aromatic carbocycles.